The molecule has 0 spiro atoms. The van der Waals surface area contributed by atoms with Crippen LogP contribution in [0.1, 0.15) is 37.5 Å². The third-order valence-electron chi connectivity index (χ3n) is 6.34. The monoisotopic (exact) mass is 489 g/mol. The van der Waals surface area contributed by atoms with Gasteiger partial charge >= 0.3 is 5.63 Å². The molecule has 4 rings (SSSR count). The molecule has 33 heavy (non-hydrogen) atoms. The number of hydrogen-bond donors (Lipinski definition) is 1. The fraction of sp³-hybridized carbons (Fsp3) is 0.400. The molecule has 0 unspecified atom stereocenters. The van der Waals surface area contributed by atoms with Crippen molar-refractivity contribution in [3.8, 4) is 0 Å². The number of benzene rings is 2. The van der Waals surface area contributed by atoms with E-state index in [1.165, 1.54) is 11.0 Å². The van der Waals surface area contributed by atoms with Crippen molar-refractivity contribution in [1.82, 2.24) is 4.31 Å². The predicted octanol–water partition coefficient (Wildman–Crippen LogP) is 3.14. The van der Waals surface area contributed by atoms with Crippen molar-refractivity contribution in [2.45, 2.75) is 44.6 Å². The molecule has 0 atom stereocenters. The van der Waals surface area contributed by atoms with E-state index in [0.717, 1.165) is 22.1 Å². The van der Waals surface area contributed by atoms with Crippen molar-refractivity contribution >= 4 is 32.6 Å². The number of nitrogens with zero attached hydrogens (tertiary/aromatic N) is 1. The standard InChI is InChI=1S/C25H29ClN2O4S/c1-17-13-23-21(15-22(17)26)18(14-24(29)32-23)16-27-9-11-28(12-10-27)33(30,31)20-7-5-19(6-8-20)25(2,3)4/h5-8,13-15H,9-12,16H2,1-4H3/p+1. The number of rotatable bonds is 4. The number of aryl methyl sites for hydroxylation is 1. The molecule has 6 nitrogen and oxygen atoms in total. The minimum Gasteiger partial charge on any atom is -0.423 e. The molecule has 1 aliphatic heterocycles. The summed E-state index contributed by atoms with van der Waals surface area (Å²) in [5, 5.41) is 1.45. The van der Waals surface area contributed by atoms with E-state index in [1.54, 1.807) is 22.5 Å². The minimum absolute atomic E-state index is 0.0287. The van der Waals surface area contributed by atoms with Crippen LogP contribution in [-0.4, -0.2) is 38.9 Å². The Labute approximate surface area is 199 Å². The number of quaternary nitrogens is 1. The first-order valence-corrected chi connectivity index (χ1v) is 12.9. The highest BCUT2D eigenvalue weighted by Gasteiger charge is 2.31. The van der Waals surface area contributed by atoms with Crippen LogP contribution in [0, 0.1) is 6.92 Å². The van der Waals surface area contributed by atoms with Crippen molar-refractivity contribution in [2.24, 2.45) is 0 Å². The predicted molar refractivity (Wildman–Crippen MR) is 131 cm³/mol. The van der Waals surface area contributed by atoms with Gasteiger partial charge in [0.2, 0.25) is 10.0 Å². The first-order chi connectivity index (χ1) is 15.4. The first kappa shape index (κ1) is 24.0. The molecule has 2 aromatic carbocycles. The van der Waals surface area contributed by atoms with Gasteiger partial charge in [0, 0.05) is 22.0 Å². The number of nitrogens with one attached hydrogen (secondary N) is 1. The zero-order valence-electron chi connectivity index (χ0n) is 19.4. The minimum atomic E-state index is -3.53. The van der Waals surface area contributed by atoms with Gasteiger partial charge in [-0.3, -0.25) is 0 Å². The van der Waals surface area contributed by atoms with Crippen LogP contribution in [-0.2, 0) is 22.0 Å². The van der Waals surface area contributed by atoms with Gasteiger partial charge in [-0.1, -0.05) is 44.5 Å². The first-order valence-electron chi connectivity index (χ1n) is 11.1. The zero-order valence-corrected chi connectivity index (χ0v) is 21.0. The Kier molecular flexibility index (Phi) is 6.44. The van der Waals surface area contributed by atoms with Crippen molar-refractivity contribution < 1.29 is 17.7 Å². The molecule has 2 heterocycles. The molecule has 0 bridgehead atoms. The van der Waals surface area contributed by atoms with Crippen molar-refractivity contribution in [1.29, 1.82) is 0 Å². The third-order valence-corrected chi connectivity index (χ3v) is 8.66. The molecule has 0 amide bonds. The summed E-state index contributed by atoms with van der Waals surface area (Å²) in [5.74, 6) is 0. The van der Waals surface area contributed by atoms with Gasteiger partial charge in [0.25, 0.3) is 0 Å². The van der Waals surface area contributed by atoms with Crippen molar-refractivity contribution in [3.63, 3.8) is 0 Å². The van der Waals surface area contributed by atoms with Gasteiger partial charge in [-0.2, -0.15) is 4.31 Å². The van der Waals surface area contributed by atoms with Crippen LogP contribution >= 0.6 is 11.6 Å². The van der Waals surface area contributed by atoms with Crippen LogP contribution in [0.25, 0.3) is 11.0 Å². The van der Waals surface area contributed by atoms with Gasteiger partial charge < -0.3 is 9.32 Å². The average Bonchev–Trinajstić information content (AvgIpc) is 2.75. The summed E-state index contributed by atoms with van der Waals surface area (Å²) >= 11 is 6.30. The molecule has 1 aromatic heterocycles. The SMILES string of the molecule is Cc1cc2oc(=O)cc(C[NH+]3CCN(S(=O)(=O)c4ccc(C(C)(C)C)cc4)CC3)c2cc1Cl. The zero-order chi connectivity index (χ0) is 24.0. The summed E-state index contributed by atoms with van der Waals surface area (Å²) < 4.78 is 33.2. The maximum absolute atomic E-state index is 13.2. The number of hydrogen-bond acceptors (Lipinski definition) is 4. The van der Waals surface area contributed by atoms with E-state index >= 15 is 0 Å². The Morgan fingerprint density at radius 3 is 2.30 bits per heavy atom. The Balaban J connectivity index is 1.48. The van der Waals surface area contributed by atoms with E-state index in [0.29, 0.717) is 48.2 Å². The smallest absolute Gasteiger partial charge is 0.336 e. The van der Waals surface area contributed by atoms with E-state index in [4.69, 9.17) is 16.0 Å². The van der Waals surface area contributed by atoms with Gasteiger partial charge in [-0.25, -0.2) is 13.2 Å². The lowest BCUT2D eigenvalue weighted by Gasteiger charge is -2.31. The lowest BCUT2D eigenvalue weighted by Crippen LogP contribution is -3.13. The van der Waals surface area contributed by atoms with Crippen molar-refractivity contribution in [3.05, 3.63) is 74.6 Å². The van der Waals surface area contributed by atoms with Gasteiger partial charge in [0.1, 0.15) is 12.1 Å². The van der Waals surface area contributed by atoms with Gasteiger partial charge in [0.15, 0.2) is 0 Å². The summed E-state index contributed by atoms with van der Waals surface area (Å²) in [5.41, 5.74) is 2.93. The van der Waals surface area contributed by atoms with Crippen LogP contribution in [0.15, 0.2) is 56.6 Å². The summed E-state index contributed by atoms with van der Waals surface area (Å²) in [7, 11) is -3.53. The quantitative estimate of drug-likeness (QED) is 0.571. The highest BCUT2D eigenvalue weighted by Crippen LogP contribution is 2.26. The topological polar surface area (TPSA) is 72.0 Å². The molecule has 0 saturated carbocycles. The van der Waals surface area contributed by atoms with E-state index in [2.05, 4.69) is 20.8 Å². The summed E-state index contributed by atoms with van der Waals surface area (Å²) in [6.45, 7) is 11.0. The van der Waals surface area contributed by atoms with Gasteiger partial charge in [0.05, 0.1) is 31.1 Å². The van der Waals surface area contributed by atoms with Crippen LogP contribution in [0.4, 0.5) is 0 Å². The molecular weight excluding hydrogens is 460 g/mol. The van der Waals surface area contributed by atoms with Gasteiger partial charge in [-0.15, -0.1) is 0 Å². The Hall–Kier alpha value is -2.19. The van der Waals surface area contributed by atoms with Crippen molar-refractivity contribution in [2.75, 3.05) is 26.2 Å². The van der Waals surface area contributed by atoms with Crippen LogP contribution in [0.5, 0.6) is 0 Å². The summed E-state index contributed by atoms with van der Waals surface area (Å²) in [6.07, 6.45) is 0. The van der Waals surface area contributed by atoms with E-state index in [-0.39, 0.29) is 5.41 Å². The second-order valence-electron chi connectivity index (χ2n) is 9.79. The normalized spacial score (nSPS) is 16.4. The highest BCUT2D eigenvalue weighted by atomic mass is 35.5. The number of piperazine rings is 1. The summed E-state index contributed by atoms with van der Waals surface area (Å²) in [6, 6.07) is 12.3. The maximum atomic E-state index is 13.2. The molecule has 8 heteroatoms. The molecule has 1 fully saturated rings. The molecule has 0 aliphatic carbocycles. The van der Waals surface area contributed by atoms with E-state index in [9.17, 15) is 13.2 Å². The Morgan fingerprint density at radius 2 is 1.70 bits per heavy atom. The Morgan fingerprint density at radius 1 is 1.06 bits per heavy atom. The molecule has 1 N–H and O–H groups in total. The third kappa shape index (κ3) is 5.01. The second-order valence-corrected chi connectivity index (χ2v) is 12.1. The molecular formula is C25H30ClN2O4S+. The molecule has 3 aromatic rings. The molecule has 1 aliphatic rings. The van der Waals surface area contributed by atoms with E-state index < -0.39 is 15.6 Å². The average molecular weight is 490 g/mol. The van der Waals surface area contributed by atoms with Crippen LogP contribution < -0.4 is 10.5 Å². The van der Waals surface area contributed by atoms with E-state index in [1.807, 2.05) is 25.1 Å². The Bertz CT molecular complexity index is 1330. The van der Waals surface area contributed by atoms with Gasteiger partial charge in [-0.05, 0) is 47.7 Å². The largest absolute Gasteiger partial charge is 0.423 e. The molecule has 1 saturated heterocycles. The lowest BCUT2D eigenvalue weighted by atomic mass is 9.87. The highest BCUT2D eigenvalue weighted by molar-refractivity contribution is 7.89. The van der Waals surface area contributed by atoms with Crippen LogP contribution in [0.2, 0.25) is 5.02 Å². The fourth-order valence-electron chi connectivity index (χ4n) is 4.26. The van der Waals surface area contributed by atoms with Crippen LogP contribution in [0.3, 0.4) is 0 Å². The number of halogens is 1. The number of fused-ring (bicyclic) bond motifs is 1. The number of sulfonamides is 1. The molecule has 0 radical (unpaired) electrons. The maximum Gasteiger partial charge on any atom is 0.336 e. The molecule has 176 valence electrons. The second kappa shape index (κ2) is 8.87. The fourth-order valence-corrected chi connectivity index (χ4v) is 5.86. The summed E-state index contributed by atoms with van der Waals surface area (Å²) in [4.78, 5) is 13.6. The lowest BCUT2D eigenvalue weighted by molar-refractivity contribution is -0.917.